The third-order valence-corrected chi connectivity index (χ3v) is 2.80. The number of methoxy groups -OCH3 is 1. The summed E-state index contributed by atoms with van der Waals surface area (Å²) < 4.78 is 5.14. The van der Waals surface area contributed by atoms with Gasteiger partial charge in [0, 0.05) is 22.9 Å². The Kier molecular flexibility index (Phi) is 4.05. The summed E-state index contributed by atoms with van der Waals surface area (Å²) in [4.78, 5) is 12.0. The molecule has 3 N–H and O–H groups in total. The van der Waals surface area contributed by atoms with Crippen LogP contribution in [0.25, 0.3) is 6.08 Å². The molecule has 0 aliphatic rings. The average Bonchev–Trinajstić information content (AvgIpc) is 2.45. The Hall–Kier alpha value is -2.75. The number of hydrogen-bond acceptors (Lipinski definition) is 4. The summed E-state index contributed by atoms with van der Waals surface area (Å²) in [7, 11) is 1.51. The van der Waals surface area contributed by atoms with Gasteiger partial charge in [-0.2, -0.15) is 0 Å². The number of nitrogen functional groups attached to an aromatic ring is 1. The van der Waals surface area contributed by atoms with Crippen molar-refractivity contribution in [1.82, 2.24) is 0 Å². The minimum atomic E-state index is -0.146. The minimum absolute atomic E-state index is 0.112. The maximum atomic E-state index is 12.0. The average molecular weight is 269 g/mol. The van der Waals surface area contributed by atoms with Crippen LogP contribution in [0.5, 0.6) is 11.5 Å². The minimum Gasteiger partial charge on any atom is -0.508 e. The van der Waals surface area contributed by atoms with E-state index in [0.717, 1.165) is 0 Å². The molecule has 0 fully saturated rings. The van der Waals surface area contributed by atoms with Crippen molar-refractivity contribution in [2.75, 3.05) is 12.8 Å². The molecule has 102 valence electrons. The van der Waals surface area contributed by atoms with E-state index >= 15 is 0 Å². The van der Waals surface area contributed by atoms with E-state index in [2.05, 4.69) is 0 Å². The Bertz CT molecular complexity index is 663. The van der Waals surface area contributed by atoms with E-state index in [-0.39, 0.29) is 11.5 Å². The number of nitrogens with two attached hydrogens (primary N) is 1. The molecule has 0 saturated heterocycles. The van der Waals surface area contributed by atoms with Gasteiger partial charge in [-0.3, -0.25) is 4.79 Å². The zero-order chi connectivity index (χ0) is 14.5. The maximum Gasteiger partial charge on any atom is 0.185 e. The predicted molar refractivity (Wildman–Crippen MR) is 78.9 cm³/mol. The first-order chi connectivity index (χ1) is 9.60. The number of ether oxygens (including phenoxy) is 1. The van der Waals surface area contributed by atoms with Crippen molar-refractivity contribution >= 4 is 17.5 Å². The molecule has 20 heavy (non-hydrogen) atoms. The highest BCUT2D eigenvalue weighted by molar-refractivity contribution is 6.07. The molecule has 4 heteroatoms. The highest BCUT2D eigenvalue weighted by Crippen LogP contribution is 2.25. The van der Waals surface area contributed by atoms with Gasteiger partial charge in [-0.1, -0.05) is 12.1 Å². The molecule has 0 saturated carbocycles. The fourth-order valence-corrected chi connectivity index (χ4v) is 1.79. The smallest absolute Gasteiger partial charge is 0.185 e. The Morgan fingerprint density at radius 1 is 1.25 bits per heavy atom. The molecule has 0 bridgehead atoms. The first kappa shape index (κ1) is 13.7. The standard InChI is InChI=1S/C16H15NO3/c1-20-16-10-14(18)7-5-11(16)6-8-15(19)12-3-2-4-13(17)9-12/h2-10,18H,17H2,1H3/b8-6+. The van der Waals surface area contributed by atoms with E-state index in [0.29, 0.717) is 22.6 Å². The van der Waals surface area contributed by atoms with E-state index in [9.17, 15) is 9.90 Å². The summed E-state index contributed by atoms with van der Waals surface area (Å²) in [5, 5.41) is 9.37. The summed E-state index contributed by atoms with van der Waals surface area (Å²) in [5.41, 5.74) is 7.43. The SMILES string of the molecule is COc1cc(O)ccc1/C=C/C(=O)c1cccc(N)c1. The second-order valence-electron chi connectivity index (χ2n) is 4.25. The van der Waals surface area contributed by atoms with Gasteiger partial charge < -0.3 is 15.6 Å². The topological polar surface area (TPSA) is 72.5 Å². The number of rotatable bonds is 4. The Balaban J connectivity index is 2.23. The van der Waals surface area contributed by atoms with Crippen molar-refractivity contribution < 1.29 is 14.6 Å². The number of carbonyl (C=O) groups excluding carboxylic acids is 1. The lowest BCUT2D eigenvalue weighted by molar-refractivity contribution is 0.104. The van der Waals surface area contributed by atoms with E-state index < -0.39 is 0 Å². The van der Waals surface area contributed by atoms with Crippen LogP contribution in [0.15, 0.2) is 48.5 Å². The number of phenolic OH excluding ortho intramolecular Hbond substituents is 1. The summed E-state index contributed by atoms with van der Waals surface area (Å²) in [6, 6.07) is 11.5. The van der Waals surface area contributed by atoms with E-state index in [1.165, 1.54) is 25.3 Å². The molecule has 0 aromatic heterocycles. The van der Waals surface area contributed by atoms with Gasteiger partial charge in [-0.05, 0) is 36.4 Å². The zero-order valence-corrected chi connectivity index (χ0v) is 11.0. The van der Waals surface area contributed by atoms with Crippen molar-refractivity contribution in [3.63, 3.8) is 0 Å². The third kappa shape index (κ3) is 3.17. The Morgan fingerprint density at radius 2 is 2.05 bits per heavy atom. The second-order valence-corrected chi connectivity index (χ2v) is 4.25. The number of aromatic hydroxyl groups is 1. The first-order valence-corrected chi connectivity index (χ1v) is 6.05. The molecule has 0 aliphatic heterocycles. The van der Waals surface area contributed by atoms with Crippen LogP contribution in [-0.4, -0.2) is 18.0 Å². The predicted octanol–water partition coefficient (Wildman–Crippen LogP) is 2.88. The molecule has 0 aliphatic carbocycles. The van der Waals surface area contributed by atoms with Crippen molar-refractivity contribution in [1.29, 1.82) is 0 Å². The van der Waals surface area contributed by atoms with Crippen LogP contribution < -0.4 is 10.5 Å². The van der Waals surface area contributed by atoms with Crippen molar-refractivity contribution in [3.8, 4) is 11.5 Å². The van der Waals surface area contributed by atoms with Crippen molar-refractivity contribution in [2.45, 2.75) is 0 Å². The van der Waals surface area contributed by atoms with Gasteiger partial charge in [-0.25, -0.2) is 0 Å². The van der Waals surface area contributed by atoms with E-state index in [1.54, 1.807) is 36.4 Å². The Labute approximate surface area is 117 Å². The van der Waals surface area contributed by atoms with Gasteiger partial charge in [-0.15, -0.1) is 0 Å². The monoisotopic (exact) mass is 269 g/mol. The largest absolute Gasteiger partial charge is 0.508 e. The number of ketones is 1. The molecule has 0 spiro atoms. The molecule has 2 rings (SSSR count). The quantitative estimate of drug-likeness (QED) is 0.508. The molecule has 0 atom stereocenters. The van der Waals surface area contributed by atoms with Crippen LogP contribution in [0, 0.1) is 0 Å². The lowest BCUT2D eigenvalue weighted by atomic mass is 10.1. The summed E-state index contributed by atoms with van der Waals surface area (Å²) in [6.07, 6.45) is 3.09. The highest BCUT2D eigenvalue weighted by Gasteiger charge is 2.04. The zero-order valence-electron chi connectivity index (χ0n) is 11.0. The second kappa shape index (κ2) is 5.93. The lowest BCUT2D eigenvalue weighted by Crippen LogP contribution is -1.96. The third-order valence-electron chi connectivity index (χ3n) is 2.80. The van der Waals surface area contributed by atoms with Gasteiger partial charge >= 0.3 is 0 Å². The van der Waals surface area contributed by atoms with Gasteiger partial charge in [0.25, 0.3) is 0 Å². The molecule has 0 heterocycles. The maximum absolute atomic E-state index is 12.0. The molecule has 2 aromatic carbocycles. The van der Waals surface area contributed by atoms with Crippen LogP contribution in [-0.2, 0) is 0 Å². The van der Waals surface area contributed by atoms with Crippen LogP contribution in [0.3, 0.4) is 0 Å². The molecular weight excluding hydrogens is 254 g/mol. The van der Waals surface area contributed by atoms with Gasteiger partial charge in [0.2, 0.25) is 0 Å². The molecule has 2 aromatic rings. The fraction of sp³-hybridized carbons (Fsp3) is 0.0625. The summed E-state index contributed by atoms with van der Waals surface area (Å²) in [6.45, 7) is 0. The molecular formula is C16H15NO3. The normalized spacial score (nSPS) is 10.7. The molecule has 0 radical (unpaired) electrons. The van der Waals surface area contributed by atoms with Gasteiger partial charge in [0.15, 0.2) is 5.78 Å². The highest BCUT2D eigenvalue weighted by atomic mass is 16.5. The Morgan fingerprint density at radius 3 is 2.75 bits per heavy atom. The van der Waals surface area contributed by atoms with Crippen molar-refractivity contribution in [3.05, 3.63) is 59.7 Å². The molecule has 4 nitrogen and oxygen atoms in total. The van der Waals surface area contributed by atoms with Crippen LogP contribution in [0.1, 0.15) is 15.9 Å². The number of hydrogen-bond donors (Lipinski definition) is 2. The van der Waals surface area contributed by atoms with Crippen LogP contribution in [0.4, 0.5) is 5.69 Å². The van der Waals surface area contributed by atoms with Crippen LogP contribution in [0.2, 0.25) is 0 Å². The number of phenols is 1. The van der Waals surface area contributed by atoms with Gasteiger partial charge in [0.1, 0.15) is 11.5 Å². The number of carbonyl (C=O) groups is 1. The van der Waals surface area contributed by atoms with Gasteiger partial charge in [0.05, 0.1) is 7.11 Å². The summed E-state index contributed by atoms with van der Waals surface area (Å²) in [5.74, 6) is 0.468. The van der Waals surface area contributed by atoms with E-state index in [1.807, 2.05) is 0 Å². The van der Waals surface area contributed by atoms with E-state index in [4.69, 9.17) is 10.5 Å². The van der Waals surface area contributed by atoms with Crippen LogP contribution >= 0.6 is 0 Å². The fourth-order valence-electron chi connectivity index (χ4n) is 1.79. The van der Waals surface area contributed by atoms with Crippen molar-refractivity contribution in [2.24, 2.45) is 0 Å². The number of allylic oxidation sites excluding steroid dienone is 1. The first-order valence-electron chi connectivity index (χ1n) is 6.05. The lowest BCUT2D eigenvalue weighted by Gasteiger charge is -2.04. The molecule has 0 amide bonds. The number of benzene rings is 2. The summed E-state index contributed by atoms with van der Waals surface area (Å²) >= 11 is 0. The number of anilines is 1. The molecule has 0 unspecified atom stereocenters.